The van der Waals surface area contributed by atoms with Crippen LogP contribution in [0.15, 0.2) is 24.4 Å². The maximum absolute atomic E-state index is 13.3. The lowest BCUT2D eigenvalue weighted by atomic mass is 9.91. The molecule has 1 aromatic carbocycles. The molecule has 1 heterocycles. The molecule has 2 saturated carbocycles. The Labute approximate surface area is 155 Å². The highest BCUT2D eigenvalue weighted by Crippen LogP contribution is 2.53. The predicted molar refractivity (Wildman–Crippen MR) is 97.4 cm³/mol. The number of hydrogen-bond donors (Lipinski definition) is 2. The summed E-state index contributed by atoms with van der Waals surface area (Å²) in [5.74, 6) is 1.36. The number of halogens is 3. The molecule has 0 radical (unpaired) electrons. The Morgan fingerprint density at radius 1 is 1.00 bits per heavy atom. The average molecular weight is 374 g/mol. The molecule has 2 bridgehead atoms. The predicted octanol–water partition coefficient (Wildman–Crippen LogP) is 5.57. The van der Waals surface area contributed by atoms with Crippen LogP contribution in [0.25, 0.3) is 0 Å². The van der Waals surface area contributed by atoms with Gasteiger partial charge < -0.3 is 10.6 Å². The molecule has 3 aliphatic rings. The quantitative estimate of drug-likeness (QED) is 0.735. The molecular formula is C20H21F3N4. The summed E-state index contributed by atoms with van der Waals surface area (Å²) in [7, 11) is 0. The molecule has 0 saturated heterocycles. The van der Waals surface area contributed by atoms with Gasteiger partial charge in [0.1, 0.15) is 11.4 Å². The Kier molecular flexibility index (Phi) is 3.81. The Morgan fingerprint density at radius 2 is 1.78 bits per heavy atom. The first-order valence-electron chi connectivity index (χ1n) is 9.59. The highest BCUT2D eigenvalue weighted by Gasteiger charge is 2.37. The molecule has 2 fully saturated rings. The Balaban J connectivity index is 1.42. The van der Waals surface area contributed by atoms with Crippen molar-refractivity contribution in [2.45, 2.75) is 62.6 Å². The molecule has 7 heteroatoms. The van der Waals surface area contributed by atoms with Gasteiger partial charge >= 0.3 is 6.18 Å². The number of nitrogens with zero attached hydrogens (tertiary/aromatic N) is 2. The van der Waals surface area contributed by atoms with E-state index >= 15 is 0 Å². The standard InChI is InChI=1S/C20H21F3N4/c21-20(22,23)17-10-24-19(27-18(17)25-13-2-1-3-13)26-14-6-7-15-11-4-5-12(8-11)16(15)9-14/h6-7,9-13H,1-5,8H2,(H2,24,25,26,27)/t11-,12+/m1/s1. The van der Waals surface area contributed by atoms with Gasteiger partial charge in [-0.2, -0.15) is 18.2 Å². The van der Waals surface area contributed by atoms with Gasteiger partial charge in [0.15, 0.2) is 0 Å². The van der Waals surface area contributed by atoms with Crippen LogP contribution in [-0.4, -0.2) is 16.0 Å². The molecule has 0 aliphatic heterocycles. The van der Waals surface area contributed by atoms with Gasteiger partial charge in [0.25, 0.3) is 0 Å². The van der Waals surface area contributed by atoms with Crippen molar-refractivity contribution in [3.63, 3.8) is 0 Å². The summed E-state index contributed by atoms with van der Waals surface area (Å²) in [5, 5.41) is 6.02. The summed E-state index contributed by atoms with van der Waals surface area (Å²) < 4.78 is 39.8. The van der Waals surface area contributed by atoms with Gasteiger partial charge in [-0.3, -0.25) is 0 Å². The minimum atomic E-state index is -4.47. The minimum Gasteiger partial charge on any atom is -0.367 e. The Hall–Kier alpha value is -2.31. The molecule has 27 heavy (non-hydrogen) atoms. The molecule has 4 nitrogen and oxygen atoms in total. The highest BCUT2D eigenvalue weighted by molar-refractivity contribution is 5.60. The smallest absolute Gasteiger partial charge is 0.367 e. The number of nitrogens with one attached hydrogen (secondary N) is 2. The van der Waals surface area contributed by atoms with E-state index in [4.69, 9.17) is 0 Å². The fourth-order valence-corrected chi connectivity index (χ4v) is 4.56. The van der Waals surface area contributed by atoms with E-state index in [9.17, 15) is 13.2 Å². The van der Waals surface area contributed by atoms with Crippen molar-refractivity contribution in [3.8, 4) is 0 Å². The van der Waals surface area contributed by atoms with E-state index < -0.39 is 11.7 Å². The summed E-state index contributed by atoms with van der Waals surface area (Å²) in [6.07, 6.45) is 2.89. The van der Waals surface area contributed by atoms with Crippen molar-refractivity contribution in [3.05, 3.63) is 41.1 Å². The van der Waals surface area contributed by atoms with E-state index in [0.29, 0.717) is 11.8 Å². The van der Waals surface area contributed by atoms with Crippen LogP contribution in [0.3, 0.4) is 0 Å². The second kappa shape index (κ2) is 6.11. The van der Waals surface area contributed by atoms with Crippen LogP contribution < -0.4 is 10.6 Å². The first-order chi connectivity index (χ1) is 13.0. The van der Waals surface area contributed by atoms with Crippen molar-refractivity contribution in [2.24, 2.45) is 0 Å². The molecule has 0 spiro atoms. The molecule has 142 valence electrons. The number of alkyl halides is 3. The zero-order valence-electron chi connectivity index (χ0n) is 14.8. The molecule has 0 amide bonds. The van der Waals surface area contributed by atoms with Gasteiger partial charge in [-0.15, -0.1) is 0 Å². The summed E-state index contributed by atoms with van der Waals surface area (Å²) in [6.45, 7) is 0. The second-order valence-corrected chi connectivity index (χ2v) is 7.90. The summed E-state index contributed by atoms with van der Waals surface area (Å²) >= 11 is 0. The molecule has 2 atom stereocenters. The lowest BCUT2D eigenvalue weighted by Crippen LogP contribution is -2.29. The molecule has 0 unspecified atom stereocenters. The third kappa shape index (κ3) is 3.03. The van der Waals surface area contributed by atoms with Gasteiger partial charge in [0.2, 0.25) is 5.95 Å². The number of hydrogen-bond acceptors (Lipinski definition) is 4. The molecular weight excluding hydrogens is 353 g/mol. The third-order valence-corrected chi connectivity index (χ3v) is 6.20. The zero-order valence-corrected chi connectivity index (χ0v) is 14.8. The molecule has 3 aliphatic carbocycles. The topological polar surface area (TPSA) is 49.8 Å². The first-order valence-corrected chi connectivity index (χ1v) is 9.59. The largest absolute Gasteiger partial charge is 0.421 e. The van der Waals surface area contributed by atoms with E-state index in [2.05, 4.69) is 32.7 Å². The lowest BCUT2D eigenvalue weighted by Gasteiger charge is -2.28. The van der Waals surface area contributed by atoms with Crippen molar-refractivity contribution >= 4 is 17.5 Å². The molecule has 1 aromatic heterocycles. The second-order valence-electron chi connectivity index (χ2n) is 7.90. The van der Waals surface area contributed by atoms with Crippen molar-refractivity contribution < 1.29 is 13.2 Å². The van der Waals surface area contributed by atoms with Crippen LogP contribution >= 0.6 is 0 Å². The fraction of sp³-hybridized carbons (Fsp3) is 0.500. The SMILES string of the molecule is FC(F)(F)c1cnc(Nc2ccc3c(c2)[C@H]2CC[C@@H]3C2)nc1NC1CCC1. The third-order valence-electron chi connectivity index (χ3n) is 6.20. The number of rotatable bonds is 4. The van der Waals surface area contributed by atoms with E-state index in [1.807, 2.05) is 6.07 Å². The highest BCUT2D eigenvalue weighted by atomic mass is 19.4. The molecule has 5 rings (SSSR count). The van der Waals surface area contributed by atoms with E-state index in [1.54, 1.807) is 0 Å². The first kappa shape index (κ1) is 16.8. The summed E-state index contributed by atoms with van der Waals surface area (Å²) in [4.78, 5) is 8.06. The number of fused-ring (bicyclic) bond motifs is 5. The van der Waals surface area contributed by atoms with Crippen molar-refractivity contribution in [1.82, 2.24) is 9.97 Å². The van der Waals surface area contributed by atoms with Gasteiger partial charge in [-0.25, -0.2) is 4.98 Å². The van der Waals surface area contributed by atoms with Gasteiger partial charge in [0.05, 0.1) is 0 Å². The van der Waals surface area contributed by atoms with Crippen LogP contribution in [0.4, 0.5) is 30.6 Å². The van der Waals surface area contributed by atoms with Gasteiger partial charge in [0, 0.05) is 17.9 Å². The monoisotopic (exact) mass is 374 g/mol. The number of anilines is 3. The molecule has 2 N–H and O–H groups in total. The van der Waals surface area contributed by atoms with Crippen LogP contribution in [0.2, 0.25) is 0 Å². The van der Waals surface area contributed by atoms with Crippen molar-refractivity contribution in [2.75, 3.05) is 10.6 Å². The summed E-state index contributed by atoms with van der Waals surface area (Å²) in [5.41, 5.74) is 2.82. The van der Waals surface area contributed by atoms with E-state index in [-0.39, 0.29) is 17.8 Å². The van der Waals surface area contributed by atoms with E-state index in [0.717, 1.165) is 31.1 Å². The maximum Gasteiger partial charge on any atom is 0.421 e. The molecule has 2 aromatic rings. The van der Waals surface area contributed by atoms with Crippen LogP contribution in [0, 0.1) is 0 Å². The maximum atomic E-state index is 13.3. The zero-order chi connectivity index (χ0) is 18.6. The fourth-order valence-electron chi connectivity index (χ4n) is 4.56. The van der Waals surface area contributed by atoms with Crippen LogP contribution in [0.1, 0.15) is 67.1 Å². The minimum absolute atomic E-state index is 0.0596. The number of aromatic nitrogens is 2. The summed E-state index contributed by atoms with van der Waals surface area (Å²) in [6, 6.07) is 6.28. The lowest BCUT2D eigenvalue weighted by molar-refractivity contribution is -0.137. The van der Waals surface area contributed by atoms with Crippen molar-refractivity contribution in [1.29, 1.82) is 0 Å². The normalized spacial score (nSPS) is 23.8. The van der Waals surface area contributed by atoms with Gasteiger partial charge in [-0.1, -0.05) is 6.07 Å². The Bertz CT molecular complexity index is 876. The average Bonchev–Trinajstić information content (AvgIpc) is 3.19. The number of benzene rings is 1. The van der Waals surface area contributed by atoms with Crippen LogP contribution in [0.5, 0.6) is 0 Å². The van der Waals surface area contributed by atoms with Gasteiger partial charge in [-0.05, 0) is 73.6 Å². The van der Waals surface area contributed by atoms with E-state index in [1.165, 1.54) is 30.4 Å². The van der Waals surface area contributed by atoms with Crippen LogP contribution in [-0.2, 0) is 6.18 Å². The Morgan fingerprint density at radius 3 is 2.48 bits per heavy atom.